The predicted octanol–water partition coefficient (Wildman–Crippen LogP) is 4.93. The molecule has 1 aromatic carbocycles. The van der Waals surface area contributed by atoms with E-state index in [1.807, 2.05) is 41.3 Å². The Hall–Kier alpha value is -4.24. The normalized spacial score (nSPS) is 14.2. The highest BCUT2D eigenvalue weighted by molar-refractivity contribution is 7.22. The third-order valence-corrected chi connectivity index (χ3v) is 7.33. The molecule has 36 heavy (non-hydrogen) atoms. The first kappa shape index (κ1) is 22.2. The van der Waals surface area contributed by atoms with Crippen LogP contribution in [0.4, 0.5) is 5.82 Å². The molecule has 0 radical (unpaired) electrons. The van der Waals surface area contributed by atoms with Crippen LogP contribution in [-0.4, -0.2) is 54.9 Å². The number of carbonyl (C=O) groups is 1. The van der Waals surface area contributed by atoms with Gasteiger partial charge in [0.2, 0.25) is 0 Å². The number of aromatic nitrogens is 5. The minimum atomic E-state index is -0.0752. The number of piperidine rings is 1. The van der Waals surface area contributed by atoms with Crippen molar-refractivity contribution < 1.29 is 4.79 Å². The molecular weight excluding hydrogens is 470 g/mol. The number of benzene rings is 1. The molecule has 0 bridgehead atoms. The monoisotopic (exact) mass is 493 g/mol. The molecule has 0 saturated carbocycles. The third-order valence-electron chi connectivity index (χ3n) is 6.25. The number of nitrogens with one attached hydrogen (secondary N) is 1. The second-order valence-electron chi connectivity index (χ2n) is 8.61. The lowest BCUT2D eigenvalue weighted by Gasteiger charge is -2.32. The van der Waals surface area contributed by atoms with Crippen LogP contribution in [0.3, 0.4) is 0 Å². The highest BCUT2D eigenvalue weighted by atomic mass is 32.1. The van der Waals surface area contributed by atoms with Gasteiger partial charge in [-0.2, -0.15) is 0 Å². The summed E-state index contributed by atoms with van der Waals surface area (Å²) >= 11 is 1.65. The number of fused-ring (bicyclic) bond motifs is 1. The Bertz CT molecular complexity index is 1480. The summed E-state index contributed by atoms with van der Waals surface area (Å²) in [4.78, 5) is 39.0. The lowest BCUT2D eigenvalue weighted by Crippen LogP contribution is -2.42. The van der Waals surface area contributed by atoms with Crippen LogP contribution in [0, 0.1) is 0 Å². The van der Waals surface area contributed by atoms with Gasteiger partial charge in [-0.05, 0) is 36.6 Å². The quantitative estimate of drug-likeness (QED) is 0.371. The van der Waals surface area contributed by atoms with Gasteiger partial charge in [-0.3, -0.25) is 14.8 Å². The molecule has 0 spiro atoms. The fourth-order valence-electron chi connectivity index (χ4n) is 4.38. The van der Waals surface area contributed by atoms with Crippen LogP contribution in [0.5, 0.6) is 0 Å². The Kier molecular flexibility index (Phi) is 6.05. The minimum Gasteiger partial charge on any atom is -0.367 e. The molecule has 0 aliphatic carbocycles. The number of carbonyl (C=O) groups excluding carboxylic acids is 1. The van der Waals surface area contributed by atoms with Crippen LogP contribution in [-0.2, 0) is 0 Å². The number of anilines is 1. The molecule has 1 saturated heterocycles. The van der Waals surface area contributed by atoms with Gasteiger partial charge in [0, 0.05) is 42.6 Å². The van der Waals surface area contributed by atoms with Gasteiger partial charge in [0.05, 0.1) is 11.6 Å². The highest BCUT2D eigenvalue weighted by Crippen LogP contribution is 2.37. The van der Waals surface area contributed by atoms with Gasteiger partial charge >= 0.3 is 0 Å². The van der Waals surface area contributed by atoms with Crippen LogP contribution >= 0.6 is 11.3 Å². The molecule has 6 rings (SSSR count). The van der Waals surface area contributed by atoms with Crippen molar-refractivity contribution in [3.05, 3.63) is 85.1 Å². The third kappa shape index (κ3) is 4.52. The zero-order chi connectivity index (χ0) is 24.3. The van der Waals surface area contributed by atoms with E-state index in [0.29, 0.717) is 24.6 Å². The summed E-state index contributed by atoms with van der Waals surface area (Å²) in [6.07, 6.45) is 8.01. The molecule has 0 atom stereocenters. The van der Waals surface area contributed by atoms with E-state index in [2.05, 4.69) is 38.5 Å². The second kappa shape index (κ2) is 9.79. The van der Waals surface area contributed by atoms with Gasteiger partial charge < -0.3 is 10.2 Å². The molecule has 1 amide bonds. The first-order valence-electron chi connectivity index (χ1n) is 11.8. The topological polar surface area (TPSA) is 96.8 Å². The van der Waals surface area contributed by atoms with Crippen LogP contribution in [0.25, 0.3) is 32.2 Å². The van der Waals surface area contributed by atoms with Crippen LogP contribution in [0.2, 0.25) is 0 Å². The van der Waals surface area contributed by atoms with Crippen molar-refractivity contribution in [2.24, 2.45) is 0 Å². The van der Waals surface area contributed by atoms with Crippen molar-refractivity contribution >= 4 is 33.3 Å². The first-order chi connectivity index (χ1) is 17.7. The molecule has 4 aromatic heterocycles. The molecule has 5 aromatic rings. The van der Waals surface area contributed by atoms with Crippen molar-refractivity contribution in [3.63, 3.8) is 0 Å². The lowest BCUT2D eigenvalue weighted by atomic mass is 10.0. The molecule has 5 heterocycles. The summed E-state index contributed by atoms with van der Waals surface area (Å²) < 4.78 is 0. The maximum Gasteiger partial charge on any atom is 0.274 e. The Morgan fingerprint density at radius 3 is 2.53 bits per heavy atom. The second-order valence-corrected chi connectivity index (χ2v) is 9.64. The molecule has 1 aliphatic heterocycles. The zero-order valence-electron chi connectivity index (χ0n) is 19.4. The van der Waals surface area contributed by atoms with E-state index < -0.39 is 0 Å². The Morgan fingerprint density at radius 1 is 0.944 bits per heavy atom. The number of rotatable bonds is 5. The van der Waals surface area contributed by atoms with Gasteiger partial charge in [-0.15, -0.1) is 11.3 Å². The fourth-order valence-corrected chi connectivity index (χ4v) is 5.41. The van der Waals surface area contributed by atoms with E-state index in [0.717, 1.165) is 45.0 Å². The summed E-state index contributed by atoms with van der Waals surface area (Å²) in [5.41, 5.74) is 2.27. The van der Waals surface area contributed by atoms with Crippen molar-refractivity contribution in [3.8, 4) is 22.0 Å². The largest absolute Gasteiger partial charge is 0.367 e. The maximum absolute atomic E-state index is 12.8. The summed E-state index contributed by atoms with van der Waals surface area (Å²) in [5.74, 6) is 1.33. The van der Waals surface area contributed by atoms with E-state index in [9.17, 15) is 4.79 Å². The molecule has 1 aliphatic rings. The smallest absolute Gasteiger partial charge is 0.274 e. The number of hydrogen-bond acceptors (Lipinski definition) is 8. The Labute approximate surface area is 212 Å². The summed E-state index contributed by atoms with van der Waals surface area (Å²) in [7, 11) is 0. The van der Waals surface area contributed by atoms with E-state index >= 15 is 0 Å². The van der Waals surface area contributed by atoms with E-state index in [1.165, 1.54) is 6.20 Å². The number of nitrogens with zero attached hydrogens (tertiary/aromatic N) is 6. The van der Waals surface area contributed by atoms with Crippen molar-refractivity contribution in [2.75, 3.05) is 18.4 Å². The van der Waals surface area contributed by atoms with Gasteiger partial charge in [0.15, 0.2) is 5.82 Å². The van der Waals surface area contributed by atoms with Gasteiger partial charge in [0.1, 0.15) is 22.0 Å². The summed E-state index contributed by atoms with van der Waals surface area (Å²) in [5, 5.41) is 4.66. The molecule has 1 N–H and O–H groups in total. The number of likely N-dealkylation sites (tertiary alicyclic amines) is 1. The van der Waals surface area contributed by atoms with Crippen LogP contribution in [0.1, 0.15) is 23.3 Å². The lowest BCUT2D eigenvalue weighted by molar-refractivity contribution is 0.0712. The highest BCUT2D eigenvalue weighted by Gasteiger charge is 2.25. The van der Waals surface area contributed by atoms with Crippen molar-refractivity contribution in [1.29, 1.82) is 0 Å². The average Bonchev–Trinajstić information content (AvgIpc) is 3.39. The standard InChI is InChI=1S/C27H23N7OS/c35-27(22-17-28-12-13-30-22)34-14-9-19(10-15-34)31-24-20-16-23(18-6-2-1-3-7-18)36-26(20)33-25(32-24)21-8-4-5-11-29-21/h1-8,11-13,16-17,19H,9-10,14-15H2,(H,31,32,33). The van der Waals surface area contributed by atoms with Crippen LogP contribution < -0.4 is 5.32 Å². The first-order valence-corrected chi connectivity index (χ1v) is 12.7. The number of pyridine rings is 1. The maximum atomic E-state index is 12.8. The average molecular weight is 494 g/mol. The van der Waals surface area contributed by atoms with Gasteiger partial charge in [-0.1, -0.05) is 36.4 Å². The van der Waals surface area contributed by atoms with Crippen molar-refractivity contribution in [2.45, 2.75) is 18.9 Å². The summed E-state index contributed by atoms with van der Waals surface area (Å²) in [6.45, 7) is 1.29. The number of hydrogen-bond donors (Lipinski definition) is 1. The number of amides is 1. The van der Waals surface area contributed by atoms with E-state index in [4.69, 9.17) is 9.97 Å². The molecule has 0 unspecified atom stereocenters. The van der Waals surface area contributed by atoms with Gasteiger partial charge in [-0.25, -0.2) is 15.0 Å². The zero-order valence-corrected chi connectivity index (χ0v) is 20.2. The molecule has 9 heteroatoms. The molecular formula is C27H23N7OS. The Morgan fingerprint density at radius 2 is 1.78 bits per heavy atom. The molecule has 178 valence electrons. The number of thiophene rings is 1. The van der Waals surface area contributed by atoms with E-state index in [1.54, 1.807) is 29.9 Å². The van der Waals surface area contributed by atoms with Crippen LogP contribution in [0.15, 0.2) is 79.4 Å². The molecule has 8 nitrogen and oxygen atoms in total. The Balaban J connectivity index is 1.28. The fraction of sp³-hybridized carbons (Fsp3) is 0.185. The SMILES string of the molecule is O=C(c1cnccn1)N1CCC(Nc2nc(-c3ccccn3)nc3sc(-c4ccccc4)cc23)CC1. The minimum absolute atomic E-state index is 0.0752. The predicted molar refractivity (Wildman–Crippen MR) is 141 cm³/mol. The van der Waals surface area contributed by atoms with Gasteiger partial charge in [0.25, 0.3) is 5.91 Å². The summed E-state index contributed by atoms with van der Waals surface area (Å²) in [6, 6.07) is 18.4. The molecule has 1 fully saturated rings. The van der Waals surface area contributed by atoms with E-state index in [-0.39, 0.29) is 11.9 Å². The van der Waals surface area contributed by atoms with Crippen molar-refractivity contribution in [1.82, 2.24) is 29.8 Å².